The predicted molar refractivity (Wildman–Crippen MR) is 43.6 cm³/mol. The smallest absolute Gasteiger partial charge is 0.253 e. The first-order valence-corrected chi connectivity index (χ1v) is 3.60. The molecule has 12 heavy (non-hydrogen) atoms. The predicted octanol–water partition coefficient (Wildman–Crippen LogP) is 0.0374. The minimum absolute atomic E-state index is 0.431. The van der Waals surface area contributed by atoms with Crippen molar-refractivity contribution in [3.05, 3.63) is 11.9 Å². The Morgan fingerprint density at radius 2 is 2.50 bits per heavy atom. The molecule has 5 heteroatoms. The average molecular weight is 169 g/mol. The summed E-state index contributed by atoms with van der Waals surface area (Å²) in [4.78, 5) is 11.0. The average Bonchev–Trinajstić information content (AvgIpc) is 2.36. The van der Waals surface area contributed by atoms with Crippen LogP contribution in [0.25, 0.3) is 0 Å². The summed E-state index contributed by atoms with van der Waals surface area (Å²) in [5.41, 5.74) is 1.37. The highest BCUT2D eigenvalue weighted by Crippen LogP contribution is 2.09. The number of aromatic nitrogens is 2. The van der Waals surface area contributed by atoms with Gasteiger partial charge in [-0.2, -0.15) is 5.10 Å². The van der Waals surface area contributed by atoms with E-state index in [1.165, 1.54) is 13.1 Å². The molecule has 0 aliphatic rings. The second-order valence-electron chi connectivity index (χ2n) is 2.57. The summed E-state index contributed by atoms with van der Waals surface area (Å²) in [6.07, 6.45) is 0.495. The third-order valence-corrected chi connectivity index (χ3v) is 1.47. The molecule has 0 radical (unpaired) electrons. The number of aliphatic hydroxyl groups excluding tert-OH is 1. The zero-order chi connectivity index (χ0) is 9.14. The van der Waals surface area contributed by atoms with Gasteiger partial charge in [0, 0.05) is 0 Å². The van der Waals surface area contributed by atoms with E-state index < -0.39 is 12.0 Å². The third kappa shape index (κ3) is 1.82. The Hall–Kier alpha value is -1.36. The van der Waals surface area contributed by atoms with Gasteiger partial charge in [0.25, 0.3) is 5.91 Å². The maximum Gasteiger partial charge on any atom is 0.253 e. The largest absolute Gasteiger partial charge is 0.384 e. The Kier molecular flexibility index (Phi) is 2.44. The molecule has 0 unspecified atom stereocenters. The van der Waals surface area contributed by atoms with Crippen LogP contribution < -0.4 is 5.32 Å². The molecule has 1 atom stereocenters. The Morgan fingerprint density at radius 1 is 1.83 bits per heavy atom. The Bertz CT molecular complexity index is 280. The first-order chi connectivity index (χ1) is 5.61. The number of aromatic amines is 1. The summed E-state index contributed by atoms with van der Waals surface area (Å²) < 4.78 is 0. The van der Waals surface area contributed by atoms with Gasteiger partial charge in [-0.15, -0.1) is 0 Å². The van der Waals surface area contributed by atoms with Crippen molar-refractivity contribution in [2.75, 3.05) is 5.32 Å². The fraction of sp³-hybridized carbons (Fsp3) is 0.429. The fourth-order valence-corrected chi connectivity index (χ4v) is 0.714. The van der Waals surface area contributed by atoms with Crippen LogP contribution >= 0.6 is 0 Å². The van der Waals surface area contributed by atoms with Gasteiger partial charge >= 0.3 is 0 Å². The molecule has 1 amide bonds. The molecule has 0 saturated heterocycles. The van der Waals surface area contributed by atoms with E-state index in [1.807, 2.05) is 0 Å². The molecule has 0 aromatic carbocycles. The number of hydrogen-bond donors (Lipinski definition) is 3. The zero-order valence-electron chi connectivity index (χ0n) is 6.96. The molecule has 0 saturated carbocycles. The number of nitrogens with one attached hydrogen (secondary N) is 2. The Balaban J connectivity index is 2.64. The molecule has 1 rings (SSSR count). The summed E-state index contributed by atoms with van der Waals surface area (Å²) in [5, 5.41) is 17.8. The van der Waals surface area contributed by atoms with Crippen LogP contribution in [0, 0.1) is 6.92 Å². The lowest BCUT2D eigenvalue weighted by atomic mass is 10.3. The Morgan fingerprint density at radius 3 is 2.92 bits per heavy atom. The quantitative estimate of drug-likeness (QED) is 0.584. The van der Waals surface area contributed by atoms with Crippen molar-refractivity contribution in [1.29, 1.82) is 0 Å². The number of aliphatic hydroxyl groups is 1. The van der Waals surface area contributed by atoms with Crippen LogP contribution in [0.1, 0.15) is 12.6 Å². The van der Waals surface area contributed by atoms with E-state index >= 15 is 0 Å². The van der Waals surface area contributed by atoms with Crippen molar-refractivity contribution in [3.8, 4) is 0 Å². The summed E-state index contributed by atoms with van der Waals surface area (Å²) in [6.45, 7) is 3.19. The normalized spacial score (nSPS) is 12.6. The minimum Gasteiger partial charge on any atom is -0.384 e. The van der Waals surface area contributed by atoms with E-state index in [0.29, 0.717) is 5.69 Å². The van der Waals surface area contributed by atoms with Gasteiger partial charge in [0.1, 0.15) is 6.10 Å². The molecule has 0 aliphatic heterocycles. The van der Waals surface area contributed by atoms with Gasteiger partial charge in [-0.25, -0.2) is 0 Å². The van der Waals surface area contributed by atoms with Gasteiger partial charge in [-0.1, -0.05) is 0 Å². The monoisotopic (exact) mass is 169 g/mol. The van der Waals surface area contributed by atoms with Crippen LogP contribution in [0.3, 0.4) is 0 Å². The lowest BCUT2D eigenvalue weighted by molar-refractivity contribution is -0.123. The van der Waals surface area contributed by atoms with Crippen molar-refractivity contribution in [2.45, 2.75) is 20.0 Å². The van der Waals surface area contributed by atoms with Crippen LogP contribution in [-0.2, 0) is 4.79 Å². The minimum atomic E-state index is -1.00. The van der Waals surface area contributed by atoms with E-state index in [4.69, 9.17) is 5.11 Å². The van der Waals surface area contributed by atoms with Crippen molar-refractivity contribution in [2.24, 2.45) is 0 Å². The topological polar surface area (TPSA) is 78.0 Å². The Labute approximate surface area is 69.8 Å². The van der Waals surface area contributed by atoms with Gasteiger partial charge in [0.05, 0.1) is 17.6 Å². The molecule has 5 nitrogen and oxygen atoms in total. The van der Waals surface area contributed by atoms with Gasteiger partial charge in [0.15, 0.2) is 0 Å². The molecule has 1 aromatic rings. The molecule has 0 aliphatic carbocycles. The number of rotatable bonds is 2. The summed E-state index contributed by atoms with van der Waals surface area (Å²) in [5.74, 6) is -0.431. The van der Waals surface area contributed by atoms with Crippen LogP contribution in [0.15, 0.2) is 6.20 Å². The molecule has 0 bridgehead atoms. The van der Waals surface area contributed by atoms with Crippen LogP contribution in [0.4, 0.5) is 5.69 Å². The van der Waals surface area contributed by atoms with Crippen molar-refractivity contribution < 1.29 is 9.90 Å². The van der Waals surface area contributed by atoms with E-state index in [-0.39, 0.29) is 0 Å². The van der Waals surface area contributed by atoms with Crippen molar-refractivity contribution >= 4 is 11.6 Å². The van der Waals surface area contributed by atoms with Crippen LogP contribution in [0.2, 0.25) is 0 Å². The van der Waals surface area contributed by atoms with Gasteiger partial charge in [-0.05, 0) is 13.8 Å². The number of carbonyl (C=O) groups is 1. The summed E-state index contributed by atoms with van der Waals surface area (Å²) >= 11 is 0. The maximum atomic E-state index is 11.0. The first-order valence-electron chi connectivity index (χ1n) is 3.60. The molecule has 3 N–H and O–H groups in total. The number of aryl methyl sites for hydroxylation is 1. The molecule has 1 heterocycles. The SMILES string of the molecule is Cc1[nH]ncc1NC(=O)[C@@H](C)O. The number of hydrogen-bond acceptors (Lipinski definition) is 3. The lowest BCUT2D eigenvalue weighted by Gasteiger charge is -2.04. The number of anilines is 1. The second kappa shape index (κ2) is 3.36. The second-order valence-corrected chi connectivity index (χ2v) is 2.57. The zero-order valence-corrected chi connectivity index (χ0v) is 6.96. The molecule has 0 spiro atoms. The summed E-state index contributed by atoms with van der Waals surface area (Å²) in [7, 11) is 0. The fourth-order valence-electron chi connectivity index (χ4n) is 0.714. The molecular formula is C7H11N3O2. The van der Waals surface area contributed by atoms with Gasteiger partial charge < -0.3 is 10.4 Å². The maximum absolute atomic E-state index is 11.0. The van der Waals surface area contributed by atoms with Gasteiger partial charge in [0.2, 0.25) is 0 Å². The molecule has 1 aromatic heterocycles. The number of nitrogens with zero attached hydrogens (tertiary/aromatic N) is 1. The third-order valence-electron chi connectivity index (χ3n) is 1.47. The highest BCUT2D eigenvalue weighted by atomic mass is 16.3. The number of carbonyl (C=O) groups excluding carboxylic acids is 1. The van der Waals surface area contributed by atoms with E-state index in [0.717, 1.165) is 5.69 Å². The lowest BCUT2D eigenvalue weighted by Crippen LogP contribution is -2.24. The number of H-pyrrole nitrogens is 1. The first kappa shape index (κ1) is 8.73. The van der Waals surface area contributed by atoms with E-state index in [2.05, 4.69) is 15.5 Å². The van der Waals surface area contributed by atoms with Crippen LogP contribution in [-0.4, -0.2) is 27.3 Å². The molecule has 66 valence electrons. The molecular weight excluding hydrogens is 158 g/mol. The van der Waals surface area contributed by atoms with Crippen molar-refractivity contribution in [3.63, 3.8) is 0 Å². The van der Waals surface area contributed by atoms with Gasteiger partial charge in [-0.3, -0.25) is 9.89 Å². The standard InChI is InChI=1S/C7H11N3O2/c1-4-6(3-8-10-4)9-7(12)5(2)11/h3,5,11H,1-2H3,(H,8,10)(H,9,12)/t5-/m1/s1. The van der Waals surface area contributed by atoms with Crippen molar-refractivity contribution in [1.82, 2.24) is 10.2 Å². The van der Waals surface area contributed by atoms with E-state index in [1.54, 1.807) is 6.92 Å². The molecule has 0 fully saturated rings. The van der Waals surface area contributed by atoms with E-state index in [9.17, 15) is 4.79 Å². The highest BCUT2D eigenvalue weighted by Gasteiger charge is 2.10. The van der Waals surface area contributed by atoms with Crippen LogP contribution in [0.5, 0.6) is 0 Å². The summed E-state index contributed by atoms with van der Waals surface area (Å²) in [6, 6.07) is 0. The highest BCUT2D eigenvalue weighted by molar-refractivity contribution is 5.93. The number of amides is 1.